The fourth-order valence-electron chi connectivity index (χ4n) is 1.22. The Labute approximate surface area is 110 Å². The first-order valence-electron chi connectivity index (χ1n) is 5.75. The van der Waals surface area contributed by atoms with Crippen LogP contribution in [-0.4, -0.2) is 48.6 Å². The van der Waals surface area contributed by atoms with Crippen molar-refractivity contribution in [2.45, 2.75) is 6.42 Å². The van der Waals surface area contributed by atoms with Gasteiger partial charge >= 0.3 is 0 Å². The van der Waals surface area contributed by atoms with E-state index < -0.39 is 5.91 Å². The normalized spacial score (nSPS) is 9.95. The number of anilines is 1. The number of rotatable bonds is 7. The third-order valence-corrected chi connectivity index (χ3v) is 2.17. The lowest BCUT2D eigenvalue weighted by atomic mass is 10.3. The molecule has 1 aromatic rings. The van der Waals surface area contributed by atoms with Gasteiger partial charge in [0.2, 0.25) is 5.91 Å². The van der Waals surface area contributed by atoms with Crippen LogP contribution in [0.25, 0.3) is 0 Å². The number of amides is 2. The Kier molecular flexibility index (Phi) is 6.23. The number of aromatic nitrogens is 2. The van der Waals surface area contributed by atoms with Crippen molar-refractivity contribution in [2.24, 2.45) is 0 Å². The molecule has 0 fully saturated rings. The van der Waals surface area contributed by atoms with Gasteiger partial charge in [0.25, 0.3) is 5.91 Å². The molecule has 19 heavy (non-hydrogen) atoms. The molecule has 0 aliphatic carbocycles. The molecule has 0 saturated carbocycles. The number of hydrogen-bond donors (Lipinski definition) is 3. The highest BCUT2D eigenvalue weighted by atomic mass is 16.5. The summed E-state index contributed by atoms with van der Waals surface area (Å²) in [5, 5.41) is 5.21. The minimum Gasteiger partial charge on any atom is -0.383 e. The van der Waals surface area contributed by atoms with Gasteiger partial charge in [-0.15, -0.1) is 0 Å². The van der Waals surface area contributed by atoms with Crippen LogP contribution in [0, 0.1) is 0 Å². The lowest BCUT2D eigenvalue weighted by Gasteiger charge is -2.06. The summed E-state index contributed by atoms with van der Waals surface area (Å²) in [6, 6.07) is 0. The SMILES string of the molecule is COCCNC(=O)CCNC(=O)c1cnc(N)cn1. The molecule has 0 atom stereocenters. The van der Waals surface area contributed by atoms with Crippen molar-refractivity contribution in [3.63, 3.8) is 0 Å². The summed E-state index contributed by atoms with van der Waals surface area (Å²) in [5.41, 5.74) is 5.52. The van der Waals surface area contributed by atoms with Crippen LogP contribution in [-0.2, 0) is 9.53 Å². The third-order valence-electron chi connectivity index (χ3n) is 2.17. The van der Waals surface area contributed by atoms with Crippen molar-refractivity contribution in [3.05, 3.63) is 18.1 Å². The molecule has 8 heteroatoms. The first-order chi connectivity index (χ1) is 9.13. The van der Waals surface area contributed by atoms with Gasteiger partial charge in [-0.2, -0.15) is 0 Å². The van der Waals surface area contributed by atoms with Crippen LogP contribution in [0.3, 0.4) is 0 Å². The van der Waals surface area contributed by atoms with E-state index in [0.717, 1.165) is 0 Å². The Hall–Kier alpha value is -2.22. The number of nitrogens with two attached hydrogens (primary N) is 1. The molecule has 0 aromatic carbocycles. The highest BCUT2D eigenvalue weighted by Crippen LogP contribution is 1.95. The van der Waals surface area contributed by atoms with E-state index in [0.29, 0.717) is 13.2 Å². The average molecular weight is 267 g/mol. The Morgan fingerprint density at radius 2 is 2.05 bits per heavy atom. The van der Waals surface area contributed by atoms with Gasteiger partial charge in [-0.3, -0.25) is 9.59 Å². The lowest BCUT2D eigenvalue weighted by Crippen LogP contribution is -2.32. The molecule has 0 saturated heterocycles. The maximum atomic E-state index is 11.6. The van der Waals surface area contributed by atoms with Gasteiger partial charge in [0.05, 0.1) is 19.0 Å². The highest BCUT2D eigenvalue weighted by Gasteiger charge is 2.08. The molecular weight excluding hydrogens is 250 g/mol. The van der Waals surface area contributed by atoms with Crippen molar-refractivity contribution in [1.82, 2.24) is 20.6 Å². The maximum Gasteiger partial charge on any atom is 0.271 e. The standard InChI is InChI=1S/C11H17N5O3/c1-19-5-4-13-10(17)2-3-14-11(18)8-6-16-9(12)7-15-8/h6-7H,2-5H2,1H3,(H2,12,16)(H,13,17)(H,14,18). The van der Waals surface area contributed by atoms with Gasteiger partial charge in [0.1, 0.15) is 11.5 Å². The van der Waals surface area contributed by atoms with Crippen molar-refractivity contribution < 1.29 is 14.3 Å². The fourth-order valence-corrected chi connectivity index (χ4v) is 1.22. The highest BCUT2D eigenvalue weighted by molar-refractivity contribution is 5.92. The van der Waals surface area contributed by atoms with Crippen LogP contribution >= 0.6 is 0 Å². The first kappa shape index (κ1) is 14.8. The summed E-state index contributed by atoms with van der Waals surface area (Å²) in [6.07, 6.45) is 2.77. The second kappa shape index (κ2) is 7.98. The van der Waals surface area contributed by atoms with E-state index in [-0.39, 0.29) is 30.4 Å². The molecule has 0 aliphatic rings. The quantitative estimate of drug-likeness (QED) is 0.542. The third kappa shape index (κ3) is 5.77. The molecule has 0 radical (unpaired) electrons. The molecule has 4 N–H and O–H groups in total. The largest absolute Gasteiger partial charge is 0.383 e. The molecule has 0 bridgehead atoms. The topological polar surface area (TPSA) is 119 Å². The van der Waals surface area contributed by atoms with Crippen LogP contribution in [0.5, 0.6) is 0 Å². The molecular formula is C11H17N5O3. The van der Waals surface area contributed by atoms with Gasteiger partial charge in [0.15, 0.2) is 0 Å². The van der Waals surface area contributed by atoms with Gasteiger partial charge in [-0.05, 0) is 0 Å². The predicted octanol–water partition coefficient (Wildman–Crippen LogP) is -1.06. The lowest BCUT2D eigenvalue weighted by molar-refractivity contribution is -0.121. The minimum atomic E-state index is -0.391. The number of nitrogens with one attached hydrogen (secondary N) is 2. The van der Waals surface area contributed by atoms with E-state index in [1.54, 1.807) is 7.11 Å². The van der Waals surface area contributed by atoms with E-state index in [1.807, 2.05) is 0 Å². The predicted molar refractivity (Wildman–Crippen MR) is 68.3 cm³/mol. The summed E-state index contributed by atoms with van der Waals surface area (Å²) >= 11 is 0. The molecule has 1 rings (SSSR count). The van der Waals surface area contributed by atoms with Crippen LogP contribution in [0.2, 0.25) is 0 Å². The molecule has 0 aliphatic heterocycles. The van der Waals surface area contributed by atoms with Crippen molar-refractivity contribution >= 4 is 17.6 Å². The Balaban J connectivity index is 2.23. The zero-order chi connectivity index (χ0) is 14.1. The van der Waals surface area contributed by atoms with E-state index in [1.165, 1.54) is 12.4 Å². The molecule has 2 amide bonds. The molecule has 0 spiro atoms. The number of nitrogen functional groups attached to an aromatic ring is 1. The second-order valence-electron chi connectivity index (χ2n) is 3.68. The van der Waals surface area contributed by atoms with Gasteiger partial charge in [-0.25, -0.2) is 9.97 Å². The summed E-state index contributed by atoms with van der Waals surface area (Å²) in [6.45, 7) is 1.13. The Morgan fingerprint density at radius 1 is 1.26 bits per heavy atom. The molecule has 1 aromatic heterocycles. The fraction of sp³-hybridized carbons (Fsp3) is 0.455. The summed E-state index contributed by atoms with van der Waals surface area (Å²) < 4.78 is 4.79. The molecule has 104 valence electrons. The number of methoxy groups -OCH3 is 1. The number of carbonyl (C=O) groups is 2. The summed E-state index contributed by atoms with van der Waals surface area (Å²) in [7, 11) is 1.56. The van der Waals surface area contributed by atoms with E-state index in [4.69, 9.17) is 10.5 Å². The van der Waals surface area contributed by atoms with E-state index in [2.05, 4.69) is 20.6 Å². The Bertz CT molecular complexity index is 421. The number of nitrogens with zero attached hydrogens (tertiary/aromatic N) is 2. The van der Waals surface area contributed by atoms with E-state index in [9.17, 15) is 9.59 Å². The summed E-state index contributed by atoms with van der Waals surface area (Å²) in [5.74, 6) is -0.299. The molecule has 1 heterocycles. The van der Waals surface area contributed by atoms with E-state index >= 15 is 0 Å². The van der Waals surface area contributed by atoms with Crippen LogP contribution in [0.15, 0.2) is 12.4 Å². The Morgan fingerprint density at radius 3 is 2.68 bits per heavy atom. The number of ether oxygens (including phenoxy) is 1. The average Bonchev–Trinajstić information content (AvgIpc) is 2.39. The van der Waals surface area contributed by atoms with Crippen molar-refractivity contribution in [1.29, 1.82) is 0 Å². The van der Waals surface area contributed by atoms with Crippen molar-refractivity contribution in [3.8, 4) is 0 Å². The number of hydrogen-bond acceptors (Lipinski definition) is 6. The van der Waals surface area contributed by atoms with Crippen LogP contribution in [0.1, 0.15) is 16.9 Å². The molecule has 8 nitrogen and oxygen atoms in total. The van der Waals surface area contributed by atoms with Gasteiger partial charge in [0, 0.05) is 26.6 Å². The monoisotopic (exact) mass is 267 g/mol. The van der Waals surface area contributed by atoms with Crippen LogP contribution in [0.4, 0.5) is 5.82 Å². The summed E-state index contributed by atoms with van der Waals surface area (Å²) in [4.78, 5) is 30.5. The van der Waals surface area contributed by atoms with Gasteiger partial charge in [-0.1, -0.05) is 0 Å². The van der Waals surface area contributed by atoms with Crippen LogP contribution < -0.4 is 16.4 Å². The minimum absolute atomic E-state index is 0.152. The number of carbonyl (C=O) groups excluding carboxylic acids is 2. The maximum absolute atomic E-state index is 11.6. The zero-order valence-corrected chi connectivity index (χ0v) is 10.7. The second-order valence-corrected chi connectivity index (χ2v) is 3.68. The van der Waals surface area contributed by atoms with Gasteiger partial charge < -0.3 is 21.1 Å². The first-order valence-corrected chi connectivity index (χ1v) is 5.75. The zero-order valence-electron chi connectivity index (χ0n) is 10.7. The smallest absolute Gasteiger partial charge is 0.271 e. The van der Waals surface area contributed by atoms with Crippen molar-refractivity contribution in [2.75, 3.05) is 32.5 Å². The molecule has 0 unspecified atom stereocenters.